The van der Waals surface area contributed by atoms with E-state index in [1.807, 2.05) is 47.2 Å². The van der Waals surface area contributed by atoms with E-state index < -0.39 is 0 Å². The van der Waals surface area contributed by atoms with Crippen molar-refractivity contribution in [1.29, 1.82) is 0 Å². The maximum Gasteiger partial charge on any atom is 0.237 e. The van der Waals surface area contributed by atoms with Crippen LogP contribution in [0.15, 0.2) is 56.8 Å². The summed E-state index contributed by atoms with van der Waals surface area (Å²) in [5.41, 5.74) is 2.04. The van der Waals surface area contributed by atoms with Crippen molar-refractivity contribution in [2.45, 2.75) is 24.4 Å². The van der Waals surface area contributed by atoms with Crippen LogP contribution in [0.3, 0.4) is 0 Å². The highest BCUT2D eigenvalue weighted by atomic mass is 32.2. The van der Waals surface area contributed by atoms with E-state index in [9.17, 15) is 0 Å². The van der Waals surface area contributed by atoms with E-state index in [0.717, 1.165) is 28.7 Å². The zero-order valence-electron chi connectivity index (χ0n) is 13.5. The number of aromatic nitrogens is 5. The van der Waals surface area contributed by atoms with Crippen molar-refractivity contribution < 1.29 is 4.52 Å². The first-order valence-electron chi connectivity index (χ1n) is 7.81. The van der Waals surface area contributed by atoms with Gasteiger partial charge in [-0.05, 0) is 18.4 Å². The lowest BCUT2D eigenvalue weighted by molar-refractivity contribution is 0.391. The van der Waals surface area contributed by atoms with Gasteiger partial charge in [0.05, 0.1) is 5.75 Å². The maximum absolute atomic E-state index is 5.34. The minimum Gasteiger partial charge on any atom is -0.338 e. The summed E-state index contributed by atoms with van der Waals surface area (Å²) in [5.74, 6) is 2.64. The molecule has 3 aromatic heterocycles. The molecule has 3 heterocycles. The maximum atomic E-state index is 5.34. The van der Waals surface area contributed by atoms with Crippen molar-refractivity contribution in [3.8, 4) is 22.8 Å². The van der Waals surface area contributed by atoms with Gasteiger partial charge in [-0.2, -0.15) is 16.3 Å². The summed E-state index contributed by atoms with van der Waals surface area (Å²) in [6, 6.07) is 12.0. The minimum absolute atomic E-state index is 0.560. The fourth-order valence-electron chi connectivity index (χ4n) is 2.43. The molecule has 0 saturated heterocycles. The van der Waals surface area contributed by atoms with Crippen molar-refractivity contribution in [1.82, 2.24) is 24.9 Å². The van der Waals surface area contributed by atoms with Crippen LogP contribution < -0.4 is 0 Å². The SMILES string of the molecule is CCn1c(SCc2nc(-c3ccsc3)no2)nnc1-c1ccccc1. The lowest BCUT2D eigenvalue weighted by atomic mass is 10.2. The first kappa shape index (κ1) is 16.0. The lowest BCUT2D eigenvalue weighted by Gasteiger charge is -2.06. The third-order valence-electron chi connectivity index (χ3n) is 3.64. The largest absolute Gasteiger partial charge is 0.338 e. The Bertz CT molecular complexity index is 947. The number of thioether (sulfide) groups is 1. The van der Waals surface area contributed by atoms with E-state index in [-0.39, 0.29) is 0 Å². The number of benzene rings is 1. The van der Waals surface area contributed by atoms with Crippen LogP contribution in [-0.2, 0) is 12.3 Å². The van der Waals surface area contributed by atoms with Crippen LogP contribution in [0.2, 0.25) is 0 Å². The van der Waals surface area contributed by atoms with Crippen LogP contribution in [0.4, 0.5) is 0 Å². The molecule has 0 amide bonds. The molecule has 4 rings (SSSR count). The molecule has 25 heavy (non-hydrogen) atoms. The molecule has 0 aliphatic heterocycles. The molecular formula is C17H15N5OS2. The molecule has 0 N–H and O–H groups in total. The van der Waals surface area contributed by atoms with Crippen molar-refractivity contribution in [2.75, 3.05) is 0 Å². The van der Waals surface area contributed by atoms with Crippen molar-refractivity contribution in [3.05, 3.63) is 53.0 Å². The van der Waals surface area contributed by atoms with Crippen molar-refractivity contribution in [3.63, 3.8) is 0 Å². The summed E-state index contributed by atoms with van der Waals surface area (Å²) >= 11 is 3.16. The van der Waals surface area contributed by atoms with Gasteiger partial charge in [-0.3, -0.25) is 0 Å². The summed E-state index contributed by atoms with van der Waals surface area (Å²) in [4.78, 5) is 4.44. The second kappa shape index (κ2) is 7.20. The average Bonchev–Trinajstić information content (AvgIpc) is 3.39. The molecule has 0 spiro atoms. The van der Waals surface area contributed by atoms with E-state index in [4.69, 9.17) is 4.52 Å². The summed E-state index contributed by atoms with van der Waals surface area (Å²) in [7, 11) is 0. The Hall–Kier alpha value is -2.45. The van der Waals surface area contributed by atoms with Crippen LogP contribution in [-0.4, -0.2) is 24.9 Å². The number of rotatable bonds is 6. The highest BCUT2D eigenvalue weighted by Crippen LogP contribution is 2.27. The van der Waals surface area contributed by atoms with Crippen LogP contribution in [0, 0.1) is 0 Å². The molecule has 126 valence electrons. The highest BCUT2D eigenvalue weighted by molar-refractivity contribution is 7.98. The fraction of sp³-hybridized carbons (Fsp3) is 0.176. The standard InChI is InChI=1S/C17H15N5OS2/c1-2-22-16(12-6-4-3-5-7-12)19-20-17(22)25-11-14-18-15(21-23-14)13-8-9-24-10-13/h3-10H,2,11H2,1H3. The Morgan fingerprint density at radius 2 is 2.00 bits per heavy atom. The normalized spacial score (nSPS) is 11.1. The number of hydrogen-bond donors (Lipinski definition) is 0. The molecule has 4 aromatic rings. The van der Waals surface area contributed by atoms with E-state index in [0.29, 0.717) is 17.5 Å². The molecule has 0 saturated carbocycles. The molecule has 0 atom stereocenters. The molecule has 1 aromatic carbocycles. The molecule has 0 radical (unpaired) electrons. The monoisotopic (exact) mass is 369 g/mol. The summed E-state index contributed by atoms with van der Waals surface area (Å²) in [6.07, 6.45) is 0. The average molecular weight is 369 g/mol. The van der Waals surface area contributed by atoms with Gasteiger partial charge >= 0.3 is 0 Å². The zero-order valence-corrected chi connectivity index (χ0v) is 15.1. The number of thiophene rings is 1. The highest BCUT2D eigenvalue weighted by Gasteiger charge is 2.15. The minimum atomic E-state index is 0.560. The second-order valence-corrected chi connectivity index (χ2v) is 6.95. The second-order valence-electron chi connectivity index (χ2n) is 5.23. The van der Waals surface area contributed by atoms with E-state index >= 15 is 0 Å². The molecule has 0 fully saturated rings. The zero-order chi connectivity index (χ0) is 17.1. The molecule has 0 bridgehead atoms. The number of hydrogen-bond acceptors (Lipinski definition) is 7. The van der Waals surface area contributed by atoms with E-state index in [2.05, 4.69) is 31.8 Å². The van der Waals surface area contributed by atoms with Gasteiger partial charge in [-0.25, -0.2) is 0 Å². The fourth-order valence-corrected chi connectivity index (χ4v) is 3.90. The van der Waals surface area contributed by atoms with Crippen molar-refractivity contribution >= 4 is 23.1 Å². The summed E-state index contributed by atoms with van der Waals surface area (Å²) in [5, 5.41) is 17.5. The van der Waals surface area contributed by atoms with E-state index in [1.165, 1.54) is 0 Å². The first-order valence-corrected chi connectivity index (χ1v) is 9.74. The Labute approximate surface area is 152 Å². The predicted octanol–water partition coefficient (Wildman–Crippen LogP) is 4.37. The first-order chi connectivity index (χ1) is 12.3. The quantitative estimate of drug-likeness (QED) is 0.470. The Kier molecular flexibility index (Phi) is 4.62. The van der Waals surface area contributed by atoms with Gasteiger partial charge in [-0.1, -0.05) is 47.3 Å². The van der Waals surface area contributed by atoms with Crippen LogP contribution in [0.5, 0.6) is 0 Å². The predicted molar refractivity (Wildman–Crippen MR) is 98.3 cm³/mol. The smallest absolute Gasteiger partial charge is 0.237 e. The Balaban J connectivity index is 1.51. The lowest BCUT2D eigenvalue weighted by Crippen LogP contribution is -1.99. The molecule has 8 heteroatoms. The van der Waals surface area contributed by atoms with E-state index in [1.54, 1.807) is 23.1 Å². The van der Waals surface area contributed by atoms with Gasteiger partial charge in [0.1, 0.15) is 0 Å². The Morgan fingerprint density at radius 3 is 2.76 bits per heavy atom. The van der Waals surface area contributed by atoms with Crippen LogP contribution >= 0.6 is 23.1 Å². The third kappa shape index (κ3) is 3.35. The summed E-state index contributed by atoms with van der Waals surface area (Å²) < 4.78 is 7.43. The topological polar surface area (TPSA) is 69.6 Å². The third-order valence-corrected chi connectivity index (χ3v) is 5.27. The van der Waals surface area contributed by atoms with Crippen LogP contribution in [0.1, 0.15) is 12.8 Å². The van der Waals surface area contributed by atoms with Crippen LogP contribution in [0.25, 0.3) is 22.8 Å². The molecule has 0 unspecified atom stereocenters. The van der Waals surface area contributed by atoms with Crippen molar-refractivity contribution in [2.24, 2.45) is 0 Å². The Morgan fingerprint density at radius 1 is 1.12 bits per heavy atom. The molecule has 0 aliphatic rings. The molecular weight excluding hydrogens is 354 g/mol. The van der Waals surface area contributed by atoms with Gasteiger partial charge < -0.3 is 9.09 Å². The molecule has 6 nitrogen and oxygen atoms in total. The van der Waals surface area contributed by atoms with Gasteiger partial charge in [0.2, 0.25) is 11.7 Å². The number of nitrogens with zero attached hydrogens (tertiary/aromatic N) is 5. The van der Waals surface area contributed by atoms with Gasteiger partial charge in [0, 0.05) is 23.1 Å². The van der Waals surface area contributed by atoms with Gasteiger partial charge in [-0.15, -0.1) is 10.2 Å². The van der Waals surface area contributed by atoms with Gasteiger partial charge in [0.25, 0.3) is 0 Å². The summed E-state index contributed by atoms with van der Waals surface area (Å²) in [6.45, 7) is 2.88. The van der Waals surface area contributed by atoms with Gasteiger partial charge in [0.15, 0.2) is 11.0 Å². The molecule has 0 aliphatic carbocycles.